The molecule has 2 heterocycles. The van der Waals surface area contributed by atoms with Gasteiger partial charge in [-0.25, -0.2) is 4.68 Å². The second kappa shape index (κ2) is 8.57. The third kappa shape index (κ3) is 4.05. The van der Waals surface area contributed by atoms with Gasteiger partial charge < -0.3 is 10.6 Å². The number of piperidine rings is 1. The third-order valence-electron chi connectivity index (χ3n) is 6.34. The van der Waals surface area contributed by atoms with E-state index >= 15 is 0 Å². The van der Waals surface area contributed by atoms with E-state index in [4.69, 9.17) is 17.3 Å². The number of carbonyl (C=O) groups is 1. The van der Waals surface area contributed by atoms with E-state index in [1.807, 2.05) is 12.1 Å². The largest absolute Gasteiger partial charge is 0.369 e. The summed E-state index contributed by atoms with van der Waals surface area (Å²) < 4.78 is 2.06. The van der Waals surface area contributed by atoms with Crippen LogP contribution in [-0.2, 0) is 4.79 Å². The van der Waals surface area contributed by atoms with Crippen LogP contribution in [0.3, 0.4) is 0 Å². The molecule has 0 spiro atoms. The highest BCUT2D eigenvalue weighted by atomic mass is 35.5. The van der Waals surface area contributed by atoms with Crippen LogP contribution in [0.1, 0.15) is 68.4 Å². The van der Waals surface area contributed by atoms with E-state index in [1.54, 1.807) is 0 Å². The molecular formula is C20H28ClN6O+. The van der Waals surface area contributed by atoms with Crippen molar-refractivity contribution in [2.45, 2.75) is 57.0 Å². The lowest BCUT2D eigenvalue weighted by atomic mass is 9.92. The van der Waals surface area contributed by atoms with Crippen molar-refractivity contribution in [1.82, 2.24) is 20.2 Å². The molecule has 1 saturated carbocycles. The smallest absolute Gasteiger partial charge is 0.220 e. The maximum atomic E-state index is 11.6. The van der Waals surface area contributed by atoms with Gasteiger partial charge in [0.2, 0.25) is 11.7 Å². The Hall–Kier alpha value is -1.99. The van der Waals surface area contributed by atoms with E-state index in [-0.39, 0.29) is 17.9 Å². The highest BCUT2D eigenvalue weighted by Gasteiger charge is 2.37. The molecule has 1 aromatic heterocycles. The first kappa shape index (κ1) is 19.3. The number of quaternary nitrogens is 1. The average Bonchev–Trinajstić information content (AvgIpc) is 3.20. The molecule has 1 aromatic carbocycles. The summed E-state index contributed by atoms with van der Waals surface area (Å²) in [6, 6.07) is 8.39. The van der Waals surface area contributed by atoms with Crippen LogP contribution in [-0.4, -0.2) is 39.2 Å². The second-order valence-corrected chi connectivity index (χ2v) is 8.53. The fraction of sp³-hybridized carbons (Fsp3) is 0.600. The van der Waals surface area contributed by atoms with Crippen molar-refractivity contribution in [3.8, 4) is 0 Å². The summed E-state index contributed by atoms with van der Waals surface area (Å²) in [5.74, 6) is 0.708. The molecule has 150 valence electrons. The molecule has 28 heavy (non-hydrogen) atoms. The van der Waals surface area contributed by atoms with Crippen LogP contribution >= 0.6 is 11.6 Å². The molecule has 1 amide bonds. The Kier molecular flexibility index (Phi) is 5.92. The summed E-state index contributed by atoms with van der Waals surface area (Å²) >= 11 is 6.13. The van der Waals surface area contributed by atoms with E-state index in [1.165, 1.54) is 24.2 Å². The monoisotopic (exact) mass is 403 g/mol. The van der Waals surface area contributed by atoms with Gasteiger partial charge in [0.25, 0.3) is 0 Å². The van der Waals surface area contributed by atoms with Crippen molar-refractivity contribution < 1.29 is 9.69 Å². The fourth-order valence-electron chi connectivity index (χ4n) is 4.76. The lowest BCUT2D eigenvalue weighted by Crippen LogP contribution is -3.13. The van der Waals surface area contributed by atoms with Gasteiger partial charge >= 0.3 is 0 Å². The molecule has 1 saturated heterocycles. The van der Waals surface area contributed by atoms with Crippen molar-refractivity contribution in [2.24, 2.45) is 11.7 Å². The zero-order valence-corrected chi connectivity index (χ0v) is 16.8. The molecule has 0 radical (unpaired) electrons. The van der Waals surface area contributed by atoms with Crippen molar-refractivity contribution in [1.29, 1.82) is 0 Å². The molecule has 4 rings (SSSR count). The van der Waals surface area contributed by atoms with E-state index in [2.05, 4.69) is 32.3 Å². The Morgan fingerprint density at radius 3 is 2.43 bits per heavy atom. The number of nitrogens with zero attached hydrogens (tertiary/aromatic N) is 4. The number of hydrogen-bond acceptors (Lipinski definition) is 4. The van der Waals surface area contributed by atoms with Crippen LogP contribution in [0.4, 0.5) is 0 Å². The first-order chi connectivity index (χ1) is 13.6. The number of aromatic nitrogens is 4. The minimum absolute atomic E-state index is 0.0241. The molecule has 1 aliphatic carbocycles. The van der Waals surface area contributed by atoms with Gasteiger partial charge in [0, 0.05) is 29.3 Å². The predicted molar refractivity (Wildman–Crippen MR) is 106 cm³/mol. The highest BCUT2D eigenvalue weighted by molar-refractivity contribution is 6.30. The van der Waals surface area contributed by atoms with Gasteiger partial charge in [-0.1, -0.05) is 43.0 Å². The Labute approximate surface area is 170 Å². The maximum Gasteiger partial charge on any atom is 0.220 e. The van der Waals surface area contributed by atoms with Crippen molar-refractivity contribution in [2.75, 3.05) is 13.1 Å². The SMILES string of the molecule is NC(=O)C1CC[NH+]([C@H](c2ccc(Cl)cc2)c2nnnn2C2CCCCC2)CC1. The average molecular weight is 404 g/mol. The van der Waals surface area contributed by atoms with Crippen LogP contribution in [0.15, 0.2) is 24.3 Å². The van der Waals surface area contributed by atoms with Crippen LogP contribution in [0.5, 0.6) is 0 Å². The Morgan fingerprint density at radius 1 is 1.11 bits per heavy atom. The van der Waals surface area contributed by atoms with E-state index in [0.717, 1.165) is 55.2 Å². The van der Waals surface area contributed by atoms with Gasteiger partial charge in [0.1, 0.15) is 0 Å². The molecule has 8 heteroatoms. The first-order valence-electron chi connectivity index (χ1n) is 10.3. The number of primary amides is 1. The van der Waals surface area contributed by atoms with Gasteiger partial charge in [-0.2, -0.15) is 0 Å². The molecule has 1 atom stereocenters. The lowest BCUT2D eigenvalue weighted by molar-refractivity contribution is -0.931. The summed E-state index contributed by atoms with van der Waals surface area (Å²) in [7, 11) is 0. The Bertz CT molecular complexity index is 793. The van der Waals surface area contributed by atoms with E-state index in [9.17, 15) is 4.79 Å². The maximum absolute atomic E-state index is 11.6. The zero-order chi connectivity index (χ0) is 19.5. The Balaban J connectivity index is 1.65. The number of tetrazole rings is 1. The van der Waals surface area contributed by atoms with Gasteiger partial charge in [0.05, 0.1) is 19.1 Å². The lowest BCUT2D eigenvalue weighted by Gasteiger charge is -2.34. The van der Waals surface area contributed by atoms with Gasteiger partial charge in [-0.3, -0.25) is 4.79 Å². The number of rotatable bonds is 5. The number of nitrogens with one attached hydrogen (secondary N) is 1. The standard InChI is InChI=1S/C20H27ClN6O/c21-16-8-6-14(7-9-16)18(26-12-10-15(11-13-26)19(22)28)20-23-24-25-27(20)17-4-2-1-3-5-17/h6-9,15,17-18H,1-5,10-13H2,(H2,22,28)/p+1/t18-/m1/s1. The summed E-state index contributed by atoms with van der Waals surface area (Å²) in [6.45, 7) is 1.75. The minimum Gasteiger partial charge on any atom is -0.369 e. The van der Waals surface area contributed by atoms with Crippen LogP contribution in [0.2, 0.25) is 5.02 Å². The molecule has 2 aromatic rings. The quantitative estimate of drug-likeness (QED) is 0.794. The van der Waals surface area contributed by atoms with Crippen LogP contribution in [0.25, 0.3) is 0 Å². The number of likely N-dealkylation sites (tertiary alicyclic amines) is 1. The highest BCUT2D eigenvalue weighted by Crippen LogP contribution is 2.30. The van der Waals surface area contributed by atoms with E-state index < -0.39 is 0 Å². The van der Waals surface area contributed by atoms with E-state index in [0.29, 0.717) is 6.04 Å². The summed E-state index contributed by atoms with van der Waals surface area (Å²) in [5.41, 5.74) is 6.69. The van der Waals surface area contributed by atoms with Crippen molar-refractivity contribution in [3.63, 3.8) is 0 Å². The number of hydrogen-bond donors (Lipinski definition) is 2. The normalized spacial score (nSPS) is 24.8. The molecule has 7 nitrogen and oxygen atoms in total. The second-order valence-electron chi connectivity index (χ2n) is 8.09. The minimum atomic E-state index is -0.186. The topological polar surface area (TPSA) is 91.1 Å². The van der Waals surface area contributed by atoms with Crippen molar-refractivity contribution >= 4 is 17.5 Å². The summed E-state index contributed by atoms with van der Waals surface area (Å²) in [4.78, 5) is 13.0. The number of halogens is 1. The predicted octanol–water partition coefficient (Wildman–Crippen LogP) is 1.70. The van der Waals surface area contributed by atoms with Crippen LogP contribution < -0.4 is 10.6 Å². The van der Waals surface area contributed by atoms with Gasteiger partial charge in [-0.15, -0.1) is 5.10 Å². The molecule has 0 unspecified atom stereocenters. The molecule has 1 aliphatic heterocycles. The number of nitrogens with two attached hydrogens (primary N) is 1. The third-order valence-corrected chi connectivity index (χ3v) is 6.59. The molecule has 3 N–H and O–H groups in total. The molecule has 0 bridgehead atoms. The molecule has 2 aliphatic rings. The molecular weight excluding hydrogens is 376 g/mol. The van der Waals surface area contributed by atoms with Crippen LogP contribution in [0, 0.1) is 5.92 Å². The van der Waals surface area contributed by atoms with Crippen molar-refractivity contribution in [3.05, 3.63) is 40.7 Å². The zero-order valence-electron chi connectivity index (χ0n) is 16.1. The summed E-state index contributed by atoms with van der Waals surface area (Å²) in [5, 5.41) is 13.6. The van der Waals surface area contributed by atoms with Gasteiger partial charge in [-0.05, 0) is 35.4 Å². The first-order valence-corrected chi connectivity index (χ1v) is 10.7. The fourth-order valence-corrected chi connectivity index (χ4v) is 4.89. The number of amides is 1. The Morgan fingerprint density at radius 2 is 1.79 bits per heavy atom. The summed E-state index contributed by atoms with van der Waals surface area (Å²) in [6.07, 6.45) is 7.62. The molecule has 2 fully saturated rings. The number of carbonyl (C=O) groups excluding carboxylic acids is 1. The number of benzene rings is 1. The van der Waals surface area contributed by atoms with Gasteiger partial charge in [0.15, 0.2) is 6.04 Å².